The molecule has 0 aliphatic carbocycles. The first-order valence-electron chi connectivity index (χ1n) is 7.00. The Morgan fingerprint density at radius 2 is 1.68 bits per heavy atom. The van der Waals surface area contributed by atoms with Gasteiger partial charge >= 0.3 is 0 Å². The number of anilines is 1. The number of aryl methyl sites for hydroxylation is 2. The van der Waals surface area contributed by atoms with Gasteiger partial charge in [-0.15, -0.1) is 0 Å². The van der Waals surface area contributed by atoms with Gasteiger partial charge in [0, 0.05) is 30.9 Å². The average Bonchev–Trinajstić information content (AvgIpc) is 2.35. The summed E-state index contributed by atoms with van der Waals surface area (Å²) in [5, 5.41) is 13.9. The first-order valence-corrected chi connectivity index (χ1v) is 7.00. The number of benzene rings is 1. The lowest BCUT2D eigenvalue weighted by Gasteiger charge is -2.42. The van der Waals surface area contributed by atoms with Gasteiger partial charge in [0.2, 0.25) is 0 Å². The predicted molar refractivity (Wildman–Crippen MR) is 80.8 cm³/mol. The Bertz CT molecular complexity index is 446. The number of β-amino-alcohol motifs (C(OH)–C–C–N with tert-alkyl or cyclic N) is 1. The largest absolute Gasteiger partial charge is 0.387 e. The molecule has 1 fully saturated rings. The molecule has 1 atom stereocenters. The van der Waals surface area contributed by atoms with Crippen molar-refractivity contribution in [1.29, 1.82) is 0 Å². The third-order valence-corrected chi connectivity index (χ3v) is 4.00. The highest BCUT2D eigenvalue weighted by atomic mass is 16.3. The monoisotopic (exact) mass is 262 g/mol. The van der Waals surface area contributed by atoms with Crippen LogP contribution in [0.4, 0.5) is 5.69 Å². The minimum Gasteiger partial charge on any atom is -0.387 e. The van der Waals surface area contributed by atoms with Gasteiger partial charge in [0.25, 0.3) is 0 Å². The summed E-state index contributed by atoms with van der Waals surface area (Å²) in [6.07, 6.45) is 0. The molecular weight excluding hydrogens is 236 g/mol. The van der Waals surface area contributed by atoms with Gasteiger partial charge in [-0.1, -0.05) is 18.2 Å². The standard InChI is InChI=1S/C16H26N2O/c1-12-7-6-8-13(2)14(12)18-11-16(5,19)10-17-9-15(18,3)4/h6-8,17,19H,9-11H2,1-5H3. The van der Waals surface area contributed by atoms with E-state index < -0.39 is 5.60 Å². The Kier molecular flexibility index (Phi) is 3.63. The van der Waals surface area contributed by atoms with Gasteiger partial charge in [-0.05, 0) is 45.7 Å². The van der Waals surface area contributed by atoms with E-state index in [1.54, 1.807) is 0 Å². The molecule has 1 aromatic rings. The van der Waals surface area contributed by atoms with Crippen molar-refractivity contribution in [2.45, 2.75) is 45.8 Å². The number of nitrogens with zero attached hydrogens (tertiary/aromatic N) is 1. The second kappa shape index (κ2) is 4.80. The lowest BCUT2D eigenvalue weighted by Crippen LogP contribution is -2.51. The molecule has 0 saturated carbocycles. The van der Waals surface area contributed by atoms with Gasteiger partial charge in [0.1, 0.15) is 0 Å². The zero-order valence-corrected chi connectivity index (χ0v) is 12.7. The van der Waals surface area contributed by atoms with Crippen LogP contribution in [0.25, 0.3) is 0 Å². The van der Waals surface area contributed by atoms with Gasteiger partial charge < -0.3 is 15.3 Å². The van der Waals surface area contributed by atoms with E-state index in [0.29, 0.717) is 13.1 Å². The maximum atomic E-state index is 10.5. The molecule has 0 bridgehead atoms. The Balaban J connectivity index is 2.49. The first-order chi connectivity index (χ1) is 8.73. The van der Waals surface area contributed by atoms with E-state index in [2.05, 4.69) is 56.1 Å². The van der Waals surface area contributed by atoms with Crippen LogP contribution >= 0.6 is 0 Å². The minimum atomic E-state index is -0.706. The normalized spacial score (nSPS) is 27.2. The van der Waals surface area contributed by atoms with E-state index >= 15 is 0 Å². The van der Waals surface area contributed by atoms with E-state index in [0.717, 1.165) is 6.54 Å². The van der Waals surface area contributed by atoms with Crippen molar-refractivity contribution >= 4 is 5.69 Å². The molecule has 0 radical (unpaired) electrons. The van der Waals surface area contributed by atoms with Crippen molar-refractivity contribution in [3.63, 3.8) is 0 Å². The highest BCUT2D eigenvalue weighted by Gasteiger charge is 2.37. The van der Waals surface area contributed by atoms with Crippen LogP contribution in [0.5, 0.6) is 0 Å². The molecule has 1 unspecified atom stereocenters. The third kappa shape index (κ3) is 2.93. The molecule has 3 nitrogen and oxygen atoms in total. The van der Waals surface area contributed by atoms with E-state index in [4.69, 9.17) is 0 Å². The molecule has 0 amide bonds. The second-order valence-electron chi connectivity index (χ2n) is 6.74. The van der Waals surface area contributed by atoms with Crippen LogP contribution in [-0.4, -0.2) is 35.9 Å². The number of nitrogens with one attached hydrogen (secondary N) is 1. The SMILES string of the molecule is Cc1cccc(C)c1N1CC(C)(O)CNCC1(C)C. The van der Waals surface area contributed by atoms with Crippen LogP contribution < -0.4 is 10.2 Å². The van der Waals surface area contributed by atoms with Crippen LogP contribution in [-0.2, 0) is 0 Å². The van der Waals surface area contributed by atoms with Crippen molar-refractivity contribution in [3.05, 3.63) is 29.3 Å². The van der Waals surface area contributed by atoms with Gasteiger partial charge in [-0.3, -0.25) is 0 Å². The highest BCUT2D eigenvalue weighted by molar-refractivity contribution is 5.61. The van der Waals surface area contributed by atoms with Crippen LogP contribution in [0.1, 0.15) is 31.9 Å². The molecule has 1 aliphatic rings. The molecule has 0 spiro atoms. The Labute approximate surface area is 116 Å². The molecule has 2 N–H and O–H groups in total. The summed E-state index contributed by atoms with van der Waals surface area (Å²) in [7, 11) is 0. The zero-order chi connectivity index (χ0) is 14.3. The van der Waals surface area contributed by atoms with Gasteiger partial charge in [0.15, 0.2) is 0 Å². The Morgan fingerprint density at radius 1 is 1.11 bits per heavy atom. The summed E-state index contributed by atoms with van der Waals surface area (Å²) in [5.74, 6) is 0. The van der Waals surface area contributed by atoms with Crippen molar-refractivity contribution in [2.75, 3.05) is 24.5 Å². The summed E-state index contributed by atoms with van der Waals surface area (Å²) in [4.78, 5) is 2.36. The van der Waals surface area contributed by atoms with Gasteiger partial charge in [0.05, 0.1) is 5.60 Å². The van der Waals surface area contributed by atoms with E-state index in [1.165, 1.54) is 16.8 Å². The van der Waals surface area contributed by atoms with Crippen LogP contribution in [0.15, 0.2) is 18.2 Å². The molecule has 3 heteroatoms. The van der Waals surface area contributed by atoms with Gasteiger partial charge in [-0.2, -0.15) is 0 Å². The van der Waals surface area contributed by atoms with E-state index in [9.17, 15) is 5.11 Å². The molecule has 1 aromatic carbocycles. The Morgan fingerprint density at radius 3 is 2.26 bits per heavy atom. The molecule has 0 aromatic heterocycles. The molecule has 1 aliphatic heterocycles. The summed E-state index contributed by atoms with van der Waals surface area (Å²) in [6, 6.07) is 6.38. The van der Waals surface area contributed by atoms with Crippen molar-refractivity contribution in [1.82, 2.24) is 5.32 Å². The molecular formula is C16H26N2O. The smallest absolute Gasteiger partial charge is 0.0917 e. The second-order valence-corrected chi connectivity index (χ2v) is 6.74. The summed E-state index contributed by atoms with van der Waals surface area (Å²) in [6.45, 7) is 12.8. The molecule has 106 valence electrons. The molecule has 2 rings (SSSR count). The number of hydrogen-bond acceptors (Lipinski definition) is 3. The molecule has 1 saturated heterocycles. The van der Waals surface area contributed by atoms with Gasteiger partial charge in [-0.25, -0.2) is 0 Å². The molecule has 19 heavy (non-hydrogen) atoms. The fourth-order valence-electron chi connectivity index (χ4n) is 2.96. The summed E-state index contributed by atoms with van der Waals surface area (Å²) < 4.78 is 0. The van der Waals surface area contributed by atoms with Crippen molar-refractivity contribution in [2.24, 2.45) is 0 Å². The topological polar surface area (TPSA) is 35.5 Å². The maximum Gasteiger partial charge on any atom is 0.0917 e. The quantitative estimate of drug-likeness (QED) is 0.815. The van der Waals surface area contributed by atoms with Crippen molar-refractivity contribution < 1.29 is 5.11 Å². The van der Waals surface area contributed by atoms with Crippen LogP contribution in [0, 0.1) is 13.8 Å². The lowest BCUT2D eigenvalue weighted by molar-refractivity contribution is 0.0720. The molecule has 1 heterocycles. The fraction of sp³-hybridized carbons (Fsp3) is 0.625. The predicted octanol–water partition coefficient (Wildman–Crippen LogP) is 2.24. The number of hydrogen-bond donors (Lipinski definition) is 2. The van der Waals surface area contributed by atoms with E-state index in [-0.39, 0.29) is 5.54 Å². The number of para-hydroxylation sites is 1. The summed E-state index contributed by atoms with van der Waals surface area (Å²) in [5.41, 5.74) is 3.08. The number of rotatable bonds is 1. The van der Waals surface area contributed by atoms with Crippen LogP contribution in [0.3, 0.4) is 0 Å². The lowest BCUT2D eigenvalue weighted by atomic mass is 9.97. The first kappa shape index (κ1) is 14.4. The fourth-order valence-corrected chi connectivity index (χ4v) is 2.96. The van der Waals surface area contributed by atoms with E-state index in [1.807, 2.05) is 6.92 Å². The highest BCUT2D eigenvalue weighted by Crippen LogP contribution is 2.33. The average molecular weight is 262 g/mol. The third-order valence-electron chi connectivity index (χ3n) is 4.00. The van der Waals surface area contributed by atoms with Crippen LogP contribution in [0.2, 0.25) is 0 Å². The number of aliphatic hydroxyl groups is 1. The minimum absolute atomic E-state index is 0.0165. The zero-order valence-electron chi connectivity index (χ0n) is 12.7. The Hall–Kier alpha value is -1.06. The van der Waals surface area contributed by atoms with Crippen molar-refractivity contribution in [3.8, 4) is 0 Å². The maximum absolute atomic E-state index is 10.5. The summed E-state index contributed by atoms with van der Waals surface area (Å²) >= 11 is 0.